The van der Waals surface area contributed by atoms with Crippen molar-refractivity contribution in [2.24, 2.45) is 5.92 Å². The molecule has 0 atom stereocenters. The van der Waals surface area contributed by atoms with E-state index >= 15 is 0 Å². The van der Waals surface area contributed by atoms with E-state index < -0.39 is 0 Å². The highest BCUT2D eigenvalue weighted by atomic mass is 14.9. The monoisotopic (exact) mass is 156 g/mol. The van der Waals surface area contributed by atoms with Crippen molar-refractivity contribution < 1.29 is 0 Å². The summed E-state index contributed by atoms with van der Waals surface area (Å²) in [5.74, 6) is 0.768. The molecule has 2 aliphatic rings. The smallest absolute Gasteiger partial charge is 0.0513 e. The van der Waals surface area contributed by atoms with Crippen LogP contribution in [0.25, 0.3) is 11.9 Å². The van der Waals surface area contributed by atoms with Crippen molar-refractivity contribution >= 4 is 11.9 Å². The fourth-order valence-corrected chi connectivity index (χ4v) is 1.73. The summed E-state index contributed by atoms with van der Waals surface area (Å²) in [5, 5.41) is 7.11. The van der Waals surface area contributed by atoms with Gasteiger partial charge in [0.25, 0.3) is 0 Å². The molecule has 1 fully saturated rings. The maximum absolute atomic E-state index is 4.46. The molecule has 1 saturated carbocycles. The normalized spacial score (nSPS) is 19.8. The molecule has 59 valence electrons. The van der Waals surface area contributed by atoms with E-state index in [4.69, 9.17) is 0 Å². The van der Waals surface area contributed by atoms with Gasteiger partial charge < -0.3 is 0 Å². The molecular formula is C11H10N. The van der Waals surface area contributed by atoms with Crippen molar-refractivity contribution in [2.75, 3.05) is 0 Å². The fourth-order valence-electron chi connectivity index (χ4n) is 1.73. The van der Waals surface area contributed by atoms with Crippen LogP contribution in [0.15, 0.2) is 24.3 Å². The van der Waals surface area contributed by atoms with Gasteiger partial charge in [0.15, 0.2) is 0 Å². The predicted molar refractivity (Wildman–Crippen MR) is 48.4 cm³/mol. The first-order chi connectivity index (χ1) is 5.95. The van der Waals surface area contributed by atoms with Crippen LogP contribution in [0.3, 0.4) is 0 Å². The number of rotatable bonds is 1. The third kappa shape index (κ3) is 0.795. The van der Waals surface area contributed by atoms with E-state index in [1.54, 1.807) is 0 Å². The first-order valence-corrected chi connectivity index (χ1v) is 4.45. The largest absolute Gasteiger partial charge is 0.260 e. The van der Waals surface area contributed by atoms with Gasteiger partial charge in [0.05, 0.1) is 5.70 Å². The van der Waals surface area contributed by atoms with Crippen LogP contribution < -0.4 is 15.8 Å². The Morgan fingerprint density at radius 2 is 2.00 bits per heavy atom. The van der Waals surface area contributed by atoms with Gasteiger partial charge in [-0.3, -0.25) is 5.32 Å². The number of hydrogen-bond acceptors (Lipinski definition) is 0. The topological polar surface area (TPSA) is 14.1 Å². The summed E-state index contributed by atoms with van der Waals surface area (Å²) >= 11 is 0. The number of fused-ring (bicyclic) bond motifs is 1. The Kier molecular flexibility index (Phi) is 1.12. The lowest BCUT2D eigenvalue weighted by atomic mass is 10.2. The van der Waals surface area contributed by atoms with Crippen molar-refractivity contribution in [1.29, 1.82) is 0 Å². The van der Waals surface area contributed by atoms with Gasteiger partial charge in [-0.05, 0) is 12.8 Å². The second-order valence-corrected chi connectivity index (χ2v) is 3.50. The van der Waals surface area contributed by atoms with E-state index in [-0.39, 0.29) is 0 Å². The van der Waals surface area contributed by atoms with Gasteiger partial charge in [0.1, 0.15) is 0 Å². The average molecular weight is 156 g/mol. The lowest BCUT2D eigenvalue weighted by Gasteiger charge is -1.95. The summed E-state index contributed by atoms with van der Waals surface area (Å²) in [4.78, 5) is 0. The van der Waals surface area contributed by atoms with Crippen molar-refractivity contribution in [2.45, 2.75) is 12.8 Å². The first kappa shape index (κ1) is 6.30. The molecule has 0 spiro atoms. The summed E-state index contributed by atoms with van der Waals surface area (Å²) in [5.41, 5.74) is 1.32. The molecule has 1 heterocycles. The zero-order chi connectivity index (χ0) is 7.97. The Morgan fingerprint density at radius 3 is 2.83 bits per heavy atom. The van der Waals surface area contributed by atoms with Crippen molar-refractivity contribution in [3.05, 3.63) is 34.7 Å². The van der Waals surface area contributed by atoms with Crippen molar-refractivity contribution in [3.63, 3.8) is 0 Å². The number of nitrogens with zero attached hydrogens (tertiary/aromatic N) is 1. The zero-order valence-corrected chi connectivity index (χ0v) is 6.83. The molecule has 1 radical (unpaired) electrons. The third-order valence-corrected chi connectivity index (χ3v) is 2.54. The number of hydrogen-bond donors (Lipinski definition) is 0. The zero-order valence-electron chi connectivity index (χ0n) is 6.83. The molecule has 1 aromatic rings. The van der Waals surface area contributed by atoms with Crippen molar-refractivity contribution in [3.8, 4) is 0 Å². The second kappa shape index (κ2) is 2.13. The average Bonchev–Trinajstić information content (AvgIpc) is 2.86. The van der Waals surface area contributed by atoms with Crippen LogP contribution in [-0.4, -0.2) is 0 Å². The molecule has 3 rings (SSSR count). The number of benzene rings is 1. The Morgan fingerprint density at radius 1 is 1.17 bits per heavy atom. The lowest BCUT2D eigenvalue weighted by molar-refractivity contribution is 1.04. The summed E-state index contributed by atoms with van der Waals surface area (Å²) < 4.78 is 0. The second-order valence-electron chi connectivity index (χ2n) is 3.50. The van der Waals surface area contributed by atoms with Gasteiger partial charge in [-0.25, -0.2) is 0 Å². The highest BCUT2D eigenvalue weighted by molar-refractivity contribution is 5.58. The first-order valence-electron chi connectivity index (χ1n) is 4.45. The molecule has 0 N–H and O–H groups in total. The summed E-state index contributed by atoms with van der Waals surface area (Å²) in [6.45, 7) is 0. The van der Waals surface area contributed by atoms with Crippen LogP contribution in [0.4, 0.5) is 0 Å². The van der Waals surface area contributed by atoms with Crippen molar-refractivity contribution in [1.82, 2.24) is 5.32 Å². The quantitative estimate of drug-likeness (QED) is 0.564. The van der Waals surface area contributed by atoms with Gasteiger partial charge in [-0.2, -0.15) is 0 Å². The van der Waals surface area contributed by atoms with Crippen LogP contribution in [-0.2, 0) is 0 Å². The highest BCUT2D eigenvalue weighted by Crippen LogP contribution is 2.36. The Balaban J connectivity index is 2.32. The van der Waals surface area contributed by atoms with Crippen LogP contribution >= 0.6 is 0 Å². The van der Waals surface area contributed by atoms with E-state index in [0.717, 1.165) is 5.92 Å². The molecule has 0 bridgehead atoms. The van der Waals surface area contributed by atoms with E-state index in [1.807, 2.05) is 6.20 Å². The van der Waals surface area contributed by atoms with Gasteiger partial charge >= 0.3 is 0 Å². The van der Waals surface area contributed by atoms with Crippen LogP contribution in [0.1, 0.15) is 12.8 Å². The molecule has 0 amide bonds. The SMILES string of the molecule is C1=c2ccccc2=C(C2CC2)[N]1. The molecule has 12 heavy (non-hydrogen) atoms. The molecule has 0 aromatic heterocycles. The third-order valence-electron chi connectivity index (χ3n) is 2.54. The lowest BCUT2D eigenvalue weighted by Crippen LogP contribution is -2.22. The Hall–Kier alpha value is -1.24. The fraction of sp³-hybridized carbons (Fsp3) is 0.273. The minimum absolute atomic E-state index is 0.768. The molecule has 1 aliphatic carbocycles. The summed E-state index contributed by atoms with van der Waals surface area (Å²) in [7, 11) is 0. The summed E-state index contributed by atoms with van der Waals surface area (Å²) in [6.07, 6.45) is 4.66. The molecule has 1 aliphatic heterocycles. The minimum Gasteiger partial charge on any atom is -0.260 e. The maximum Gasteiger partial charge on any atom is 0.0513 e. The molecule has 0 unspecified atom stereocenters. The van der Waals surface area contributed by atoms with E-state index in [0.29, 0.717) is 0 Å². The van der Waals surface area contributed by atoms with E-state index in [2.05, 4.69) is 29.6 Å². The molecular weight excluding hydrogens is 146 g/mol. The molecule has 1 nitrogen and oxygen atoms in total. The standard InChI is InChI=1S/C11H10N/c1-2-4-10-9(3-1)7-12-11(10)8-5-6-8/h1-4,7-8H,5-6H2. The maximum atomic E-state index is 4.46. The summed E-state index contributed by atoms with van der Waals surface area (Å²) in [6, 6.07) is 8.47. The Labute approximate surface area is 71.4 Å². The van der Waals surface area contributed by atoms with Gasteiger partial charge in [-0.1, -0.05) is 24.3 Å². The molecule has 1 heteroatoms. The highest BCUT2D eigenvalue weighted by Gasteiger charge is 2.28. The Bertz CT molecular complexity index is 427. The van der Waals surface area contributed by atoms with Gasteiger partial charge in [0.2, 0.25) is 0 Å². The van der Waals surface area contributed by atoms with Gasteiger partial charge in [-0.15, -0.1) is 0 Å². The van der Waals surface area contributed by atoms with Gasteiger partial charge in [0, 0.05) is 22.6 Å². The molecule has 0 saturated heterocycles. The van der Waals surface area contributed by atoms with E-state index in [9.17, 15) is 0 Å². The molecule has 1 aromatic carbocycles. The minimum atomic E-state index is 0.768. The van der Waals surface area contributed by atoms with Crippen LogP contribution in [0, 0.1) is 5.92 Å². The van der Waals surface area contributed by atoms with E-state index in [1.165, 1.54) is 29.0 Å². The predicted octanol–water partition coefficient (Wildman–Crippen LogP) is 0.561. The van der Waals surface area contributed by atoms with Crippen LogP contribution in [0.5, 0.6) is 0 Å². The van der Waals surface area contributed by atoms with Crippen LogP contribution in [0.2, 0.25) is 0 Å².